The Morgan fingerprint density at radius 3 is 2.62 bits per heavy atom. The Hall–Kier alpha value is -0.0800. The van der Waals surface area contributed by atoms with Crippen molar-refractivity contribution < 1.29 is 4.74 Å². The SMILES string of the molecule is CCCNC(CC(C)CC)C1COC(C)C1. The third-order valence-electron chi connectivity index (χ3n) is 3.81. The fourth-order valence-corrected chi connectivity index (χ4v) is 2.50. The molecule has 0 spiro atoms. The van der Waals surface area contributed by atoms with Crippen molar-refractivity contribution in [3.8, 4) is 0 Å². The van der Waals surface area contributed by atoms with Gasteiger partial charge in [0.05, 0.1) is 12.7 Å². The molecule has 16 heavy (non-hydrogen) atoms. The smallest absolute Gasteiger partial charge is 0.0551 e. The highest BCUT2D eigenvalue weighted by molar-refractivity contribution is 4.83. The van der Waals surface area contributed by atoms with Crippen LogP contribution in [-0.4, -0.2) is 25.3 Å². The van der Waals surface area contributed by atoms with Crippen molar-refractivity contribution in [3.05, 3.63) is 0 Å². The lowest BCUT2D eigenvalue weighted by Crippen LogP contribution is -2.38. The summed E-state index contributed by atoms with van der Waals surface area (Å²) in [6.07, 6.45) is 5.51. The van der Waals surface area contributed by atoms with Crippen LogP contribution in [0.4, 0.5) is 0 Å². The first-order valence-corrected chi connectivity index (χ1v) is 7.02. The monoisotopic (exact) mass is 227 g/mol. The van der Waals surface area contributed by atoms with Crippen LogP contribution in [0.5, 0.6) is 0 Å². The van der Waals surface area contributed by atoms with Crippen LogP contribution in [0, 0.1) is 11.8 Å². The summed E-state index contributed by atoms with van der Waals surface area (Å²) in [7, 11) is 0. The first kappa shape index (κ1) is 14.0. The van der Waals surface area contributed by atoms with E-state index in [1.54, 1.807) is 0 Å². The van der Waals surface area contributed by atoms with Crippen LogP contribution in [0.2, 0.25) is 0 Å². The second kappa shape index (κ2) is 7.29. The Morgan fingerprint density at radius 2 is 2.12 bits per heavy atom. The lowest BCUT2D eigenvalue weighted by molar-refractivity contribution is 0.115. The summed E-state index contributed by atoms with van der Waals surface area (Å²) >= 11 is 0. The van der Waals surface area contributed by atoms with Gasteiger partial charge in [0, 0.05) is 12.0 Å². The van der Waals surface area contributed by atoms with Gasteiger partial charge in [0.2, 0.25) is 0 Å². The van der Waals surface area contributed by atoms with E-state index >= 15 is 0 Å². The molecule has 2 nitrogen and oxygen atoms in total. The molecule has 1 aliphatic rings. The topological polar surface area (TPSA) is 21.3 Å². The van der Waals surface area contributed by atoms with Crippen LogP contribution in [0.15, 0.2) is 0 Å². The zero-order chi connectivity index (χ0) is 12.0. The third-order valence-corrected chi connectivity index (χ3v) is 3.81. The quantitative estimate of drug-likeness (QED) is 0.721. The average Bonchev–Trinajstić information content (AvgIpc) is 2.70. The van der Waals surface area contributed by atoms with Gasteiger partial charge in [-0.1, -0.05) is 27.2 Å². The summed E-state index contributed by atoms with van der Waals surface area (Å²) in [4.78, 5) is 0. The van der Waals surface area contributed by atoms with Crippen molar-refractivity contribution in [1.82, 2.24) is 5.32 Å². The normalized spacial score (nSPS) is 29.2. The van der Waals surface area contributed by atoms with E-state index in [-0.39, 0.29) is 0 Å². The molecule has 4 atom stereocenters. The fourth-order valence-electron chi connectivity index (χ4n) is 2.50. The second-order valence-corrected chi connectivity index (χ2v) is 5.45. The predicted octanol–water partition coefficient (Wildman–Crippen LogP) is 3.22. The standard InChI is InChI=1S/C14H29NO/c1-5-7-15-14(8-11(3)6-2)13-9-12(4)16-10-13/h11-15H,5-10H2,1-4H3. The van der Waals surface area contributed by atoms with Gasteiger partial charge >= 0.3 is 0 Å². The lowest BCUT2D eigenvalue weighted by atomic mass is 9.88. The molecule has 2 heteroatoms. The van der Waals surface area contributed by atoms with E-state index in [0.29, 0.717) is 12.1 Å². The molecule has 1 saturated heterocycles. The van der Waals surface area contributed by atoms with E-state index in [9.17, 15) is 0 Å². The predicted molar refractivity (Wildman–Crippen MR) is 69.7 cm³/mol. The Labute approximate surface area is 101 Å². The van der Waals surface area contributed by atoms with Crippen molar-refractivity contribution in [2.75, 3.05) is 13.2 Å². The van der Waals surface area contributed by atoms with Gasteiger partial charge in [-0.25, -0.2) is 0 Å². The molecule has 1 heterocycles. The Balaban J connectivity index is 2.42. The molecule has 4 unspecified atom stereocenters. The zero-order valence-corrected chi connectivity index (χ0v) is 11.5. The first-order valence-electron chi connectivity index (χ1n) is 7.02. The first-order chi connectivity index (χ1) is 7.67. The van der Waals surface area contributed by atoms with E-state index in [4.69, 9.17) is 4.74 Å². The van der Waals surface area contributed by atoms with Crippen molar-refractivity contribution in [2.24, 2.45) is 11.8 Å². The third kappa shape index (κ3) is 4.42. The molecule has 96 valence electrons. The molecule has 0 aromatic heterocycles. The highest BCUT2D eigenvalue weighted by atomic mass is 16.5. The molecule has 0 amide bonds. The largest absolute Gasteiger partial charge is 0.378 e. The lowest BCUT2D eigenvalue weighted by Gasteiger charge is -2.26. The molecule has 0 radical (unpaired) electrons. The number of hydrogen-bond donors (Lipinski definition) is 1. The van der Waals surface area contributed by atoms with E-state index in [0.717, 1.165) is 25.0 Å². The number of hydrogen-bond acceptors (Lipinski definition) is 2. The minimum atomic E-state index is 0.466. The summed E-state index contributed by atoms with van der Waals surface area (Å²) in [5, 5.41) is 3.72. The Bertz CT molecular complexity index is 184. The van der Waals surface area contributed by atoms with Gasteiger partial charge in [-0.2, -0.15) is 0 Å². The minimum Gasteiger partial charge on any atom is -0.378 e. The molecule has 1 rings (SSSR count). The zero-order valence-electron chi connectivity index (χ0n) is 11.5. The van der Waals surface area contributed by atoms with E-state index in [1.807, 2.05) is 0 Å². The molecule has 0 saturated carbocycles. The van der Waals surface area contributed by atoms with Crippen LogP contribution >= 0.6 is 0 Å². The van der Waals surface area contributed by atoms with Crippen molar-refractivity contribution in [1.29, 1.82) is 0 Å². The van der Waals surface area contributed by atoms with Gasteiger partial charge in [0.15, 0.2) is 0 Å². The Kier molecular flexibility index (Phi) is 6.37. The Morgan fingerprint density at radius 1 is 1.38 bits per heavy atom. The van der Waals surface area contributed by atoms with Gasteiger partial charge < -0.3 is 10.1 Å². The van der Waals surface area contributed by atoms with Crippen LogP contribution in [0.25, 0.3) is 0 Å². The molecular weight excluding hydrogens is 198 g/mol. The number of ether oxygens (including phenoxy) is 1. The maximum Gasteiger partial charge on any atom is 0.0551 e. The van der Waals surface area contributed by atoms with E-state index < -0.39 is 0 Å². The molecule has 0 aliphatic carbocycles. The van der Waals surface area contributed by atoms with Crippen LogP contribution < -0.4 is 5.32 Å². The minimum absolute atomic E-state index is 0.466. The number of nitrogens with one attached hydrogen (secondary N) is 1. The van der Waals surface area contributed by atoms with Crippen molar-refractivity contribution in [2.45, 2.75) is 65.5 Å². The molecule has 1 N–H and O–H groups in total. The van der Waals surface area contributed by atoms with E-state index in [1.165, 1.54) is 25.7 Å². The maximum absolute atomic E-state index is 5.70. The molecule has 1 fully saturated rings. The van der Waals surface area contributed by atoms with Gasteiger partial charge in [0.25, 0.3) is 0 Å². The summed E-state index contributed by atoms with van der Waals surface area (Å²) in [5.74, 6) is 1.56. The summed E-state index contributed by atoms with van der Waals surface area (Å²) in [5.41, 5.74) is 0. The molecule has 0 aromatic carbocycles. The van der Waals surface area contributed by atoms with Crippen LogP contribution in [0.3, 0.4) is 0 Å². The van der Waals surface area contributed by atoms with Gasteiger partial charge in [0.1, 0.15) is 0 Å². The van der Waals surface area contributed by atoms with Crippen molar-refractivity contribution >= 4 is 0 Å². The van der Waals surface area contributed by atoms with Crippen LogP contribution in [-0.2, 0) is 4.74 Å². The van der Waals surface area contributed by atoms with Crippen LogP contribution in [0.1, 0.15) is 53.4 Å². The molecule has 0 aromatic rings. The average molecular weight is 227 g/mol. The van der Waals surface area contributed by atoms with Gasteiger partial charge in [-0.3, -0.25) is 0 Å². The molecular formula is C14H29NO. The molecule has 0 bridgehead atoms. The summed E-state index contributed by atoms with van der Waals surface area (Å²) in [6, 6.07) is 0.667. The van der Waals surface area contributed by atoms with Gasteiger partial charge in [-0.05, 0) is 38.6 Å². The molecule has 1 aliphatic heterocycles. The highest BCUT2D eigenvalue weighted by Crippen LogP contribution is 2.26. The summed E-state index contributed by atoms with van der Waals surface area (Å²) in [6.45, 7) is 11.2. The second-order valence-electron chi connectivity index (χ2n) is 5.45. The van der Waals surface area contributed by atoms with E-state index in [2.05, 4.69) is 33.0 Å². The summed E-state index contributed by atoms with van der Waals surface area (Å²) < 4.78 is 5.70. The number of rotatable bonds is 7. The van der Waals surface area contributed by atoms with Crippen molar-refractivity contribution in [3.63, 3.8) is 0 Å². The fraction of sp³-hybridized carbons (Fsp3) is 1.00. The van der Waals surface area contributed by atoms with Gasteiger partial charge in [-0.15, -0.1) is 0 Å². The highest BCUT2D eigenvalue weighted by Gasteiger charge is 2.29. The maximum atomic E-state index is 5.70.